The zero-order valence-corrected chi connectivity index (χ0v) is 11.4. The molecule has 20 heavy (non-hydrogen) atoms. The number of rotatable bonds is 1. The molecular formula is C12H14F4N2O2. The highest BCUT2D eigenvalue weighted by Gasteiger charge is 2.37. The van der Waals surface area contributed by atoms with Gasteiger partial charge in [-0.05, 0) is 27.7 Å². The van der Waals surface area contributed by atoms with Gasteiger partial charge in [-0.1, -0.05) is 0 Å². The number of hydrogen-bond acceptors (Lipinski definition) is 3. The van der Waals surface area contributed by atoms with E-state index in [1.807, 2.05) is 0 Å². The first-order valence-electron chi connectivity index (χ1n) is 5.64. The summed E-state index contributed by atoms with van der Waals surface area (Å²) < 4.78 is 55.8. The second-order valence-corrected chi connectivity index (χ2v) is 5.08. The molecule has 0 aliphatic heterocycles. The van der Waals surface area contributed by atoms with Crippen molar-refractivity contribution in [3.63, 3.8) is 0 Å². The number of anilines is 1. The molecule has 1 aromatic rings. The van der Waals surface area contributed by atoms with Crippen LogP contribution in [0.15, 0.2) is 6.20 Å². The molecule has 0 aliphatic carbocycles. The minimum atomic E-state index is -4.89. The summed E-state index contributed by atoms with van der Waals surface area (Å²) in [5.74, 6) is -1.52. The topological polar surface area (TPSA) is 51.2 Å². The highest BCUT2D eigenvalue weighted by molar-refractivity contribution is 5.85. The third-order valence-corrected chi connectivity index (χ3v) is 2.17. The fourth-order valence-corrected chi connectivity index (χ4v) is 1.32. The Balaban J connectivity index is 3.00. The summed E-state index contributed by atoms with van der Waals surface area (Å²) in [7, 11) is 0. The zero-order valence-electron chi connectivity index (χ0n) is 11.4. The molecule has 4 nitrogen and oxygen atoms in total. The fourth-order valence-electron chi connectivity index (χ4n) is 1.32. The molecule has 0 fully saturated rings. The van der Waals surface area contributed by atoms with Gasteiger partial charge < -0.3 is 4.74 Å². The van der Waals surface area contributed by atoms with Crippen molar-refractivity contribution in [3.8, 4) is 0 Å². The summed E-state index contributed by atoms with van der Waals surface area (Å²) in [5.41, 5.74) is -2.94. The van der Waals surface area contributed by atoms with E-state index >= 15 is 0 Å². The van der Waals surface area contributed by atoms with Crippen molar-refractivity contribution in [1.82, 2.24) is 4.98 Å². The summed E-state index contributed by atoms with van der Waals surface area (Å²) in [5, 5.41) is 2.16. The molecule has 0 saturated heterocycles. The van der Waals surface area contributed by atoms with Crippen LogP contribution in [0.5, 0.6) is 0 Å². The first-order chi connectivity index (χ1) is 8.92. The van der Waals surface area contributed by atoms with E-state index in [-0.39, 0.29) is 11.3 Å². The molecule has 0 aromatic carbocycles. The lowest BCUT2D eigenvalue weighted by Crippen LogP contribution is -2.27. The van der Waals surface area contributed by atoms with E-state index in [4.69, 9.17) is 4.74 Å². The normalized spacial score (nSPS) is 12.2. The number of pyridine rings is 1. The van der Waals surface area contributed by atoms with Crippen LogP contribution in [0.2, 0.25) is 0 Å². The number of alkyl halides is 3. The largest absolute Gasteiger partial charge is 0.444 e. The Morgan fingerprint density at radius 2 is 1.85 bits per heavy atom. The Hall–Kier alpha value is -1.86. The first-order valence-corrected chi connectivity index (χ1v) is 5.64. The van der Waals surface area contributed by atoms with E-state index in [0.717, 1.165) is 13.1 Å². The van der Waals surface area contributed by atoms with Crippen molar-refractivity contribution in [2.45, 2.75) is 39.5 Å². The summed E-state index contributed by atoms with van der Waals surface area (Å²) in [6.45, 7) is 5.96. The van der Waals surface area contributed by atoms with E-state index in [9.17, 15) is 22.4 Å². The smallest absolute Gasteiger partial charge is 0.436 e. The van der Waals surface area contributed by atoms with Crippen LogP contribution < -0.4 is 5.32 Å². The molecule has 0 radical (unpaired) electrons. The van der Waals surface area contributed by atoms with Crippen LogP contribution in [0, 0.1) is 12.7 Å². The SMILES string of the molecule is Cc1c(NC(=O)OC(C)(C)C)cnc(C(F)(F)F)c1F. The lowest BCUT2D eigenvalue weighted by atomic mass is 10.2. The highest BCUT2D eigenvalue weighted by Crippen LogP contribution is 2.32. The monoisotopic (exact) mass is 294 g/mol. The van der Waals surface area contributed by atoms with Gasteiger partial charge >= 0.3 is 12.3 Å². The predicted octanol–water partition coefficient (Wildman–Crippen LogP) is 3.89. The van der Waals surface area contributed by atoms with Gasteiger partial charge in [0.05, 0.1) is 11.9 Å². The predicted molar refractivity (Wildman–Crippen MR) is 63.8 cm³/mol. The van der Waals surface area contributed by atoms with Crippen molar-refractivity contribution in [1.29, 1.82) is 0 Å². The number of carbonyl (C=O) groups is 1. The average molecular weight is 294 g/mol. The Morgan fingerprint density at radius 3 is 2.30 bits per heavy atom. The second kappa shape index (κ2) is 5.26. The Morgan fingerprint density at radius 1 is 1.30 bits per heavy atom. The van der Waals surface area contributed by atoms with Gasteiger partial charge in [-0.2, -0.15) is 13.2 Å². The Kier molecular flexibility index (Phi) is 4.26. The summed E-state index contributed by atoms with van der Waals surface area (Å²) in [6, 6.07) is 0. The molecule has 0 unspecified atom stereocenters. The average Bonchev–Trinajstić information content (AvgIpc) is 2.20. The lowest BCUT2D eigenvalue weighted by Gasteiger charge is -2.20. The fraction of sp³-hybridized carbons (Fsp3) is 0.500. The molecule has 0 atom stereocenters. The summed E-state index contributed by atoms with van der Waals surface area (Å²) >= 11 is 0. The van der Waals surface area contributed by atoms with Crippen LogP contribution in [-0.4, -0.2) is 16.7 Å². The number of amides is 1. The molecule has 0 spiro atoms. The van der Waals surface area contributed by atoms with Crippen molar-refractivity contribution in [2.24, 2.45) is 0 Å². The van der Waals surface area contributed by atoms with Crippen LogP contribution in [0.4, 0.5) is 28.0 Å². The maximum absolute atomic E-state index is 13.6. The van der Waals surface area contributed by atoms with Crippen LogP contribution in [0.3, 0.4) is 0 Å². The first kappa shape index (κ1) is 16.2. The van der Waals surface area contributed by atoms with Gasteiger partial charge in [0, 0.05) is 5.56 Å². The van der Waals surface area contributed by atoms with E-state index in [1.54, 1.807) is 20.8 Å². The van der Waals surface area contributed by atoms with Gasteiger partial charge in [-0.3, -0.25) is 5.32 Å². The number of hydrogen-bond donors (Lipinski definition) is 1. The third-order valence-electron chi connectivity index (χ3n) is 2.17. The van der Waals surface area contributed by atoms with Crippen molar-refractivity contribution in [3.05, 3.63) is 23.3 Å². The van der Waals surface area contributed by atoms with E-state index < -0.39 is 29.4 Å². The summed E-state index contributed by atoms with van der Waals surface area (Å²) in [4.78, 5) is 14.5. The molecule has 8 heteroatoms. The zero-order chi connectivity index (χ0) is 15.7. The molecule has 0 bridgehead atoms. The third kappa shape index (κ3) is 4.07. The molecule has 1 amide bonds. The molecule has 1 rings (SSSR count). The van der Waals surface area contributed by atoms with Gasteiger partial charge in [-0.15, -0.1) is 0 Å². The minimum Gasteiger partial charge on any atom is -0.444 e. The molecule has 0 saturated carbocycles. The standard InChI is InChI=1S/C12H14F4N2O2/c1-6-7(18-10(19)20-11(2,3)4)5-17-9(8(6)13)12(14,15)16/h5H,1-4H3,(H,18,19). The highest BCUT2D eigenvalue weighted by atomic mass is 19.4. The lowest BCUT2D eigenvalue weighted by molar-refractivity contribution is -0.143. The van der Waals surface area contributed by atoms with E-state index in [1.165, 1.54) is 0 Å². The number of nitrogens with one attached hydrogen (secondary N) is 1. The Labute approximate surface area is 113 Å². The molecule has 1 N–H and O–H groups in total. The number of ether oxygens (including phenoxy) is 1. The Bertz CT molecular complexity index is 521. The van der Waals surface area contributed by atoms with Crippen LogP contribution >= 0.6 is 0 Å². The van der Waals surface area contributed by atoms with E-state index in [0.29, 0.717) is 0 Å². The van der Waals surface area contributed by atoms with Crippen LogP contribution in [-0.2, 0) is 10.9 Å². The molecule has 0 aliphatic rings. The summed E-state index contributed by atoms with van der Waals surface area (Å²) in [6.07, 6.45) is -5.05. The van der Waals surface area contributed by atoms with Gasteiger partial charge in [0.15, 0.2) is 11.5 Å². The van der Waals surface area contributed by atoms with Crippen molar-refractivity contribution < 1.29 is 27.1 Å². The van der Waals surface area contributed by atoms with Gasteiger partial charge in [0.25, 0.3) is 0 Å². The maximum atomic E-state index is 13.6. The van der Waals surface area contributed by atoms with Crippen molar-refractivity contribution >= 4 is 11.8 Å². The van der Waals surface area contributed by atoms with E-state index in [2.05, 4.69) is 10.3 Å². The van der Waals surface area contributed by atoms with Gasteiger partial charge in [0.2, 0.25) is 0 Å². The van der Waals surface area contributed by atoms with Gasteiger partial charge in [0.1, 0.15) is 5.60 Å². The number of aromatic nitrogens is 1. The van der Waals surface area contributed by atoms with Crippen LogP contribution in [0.25, 0.3) is 0 Å². The quantitative estimate of drug-likeness (QED) is 0.799. The van der Waals surface area contributed by atoms with Crippen LogP contribution in [0.1, 0.15) is 32.0 Å². The number of halogens is 4. The maximum Gasteiger partial charge on any atom is 0.436 e. The number of carbonyl (C=O) groups excluding carboxylic acids is 1. The molecular weight excluding hydrogens is 280 g/mol. The molecule has 1 aromatic heterocycles. The van der Waals surface area contributed by atoms with Gasteiger partial charge in [-0.25, -0.2) is 14.2 Å². The number of nitrogens with zero attached hydrogens (tertiary/aromatic N) is 1. The molecule has 112 valence electrons. The minimum absolute atomic E-state index is 0.176. The second-order valence-electron chi connectivity index (χ2n) is 5.08. The van der Waals surface area contributed by atoms with Crippen molar-refractivity contribution in [2.75, 3.05) is 5.32 Å². The molecule has 1 heterocycles.